The molecule has 2 saturated carbocycles. The lowest BCUT2D eigenvalue weighted by atomic mass is 10.0. The minimum absolute atomic E-state index is 0.00961. The number of rotatable bonds is 5. The molecule has 0 atom stereocenters. The zero-order valence-corrected chi connectivity index (χ0v) is 14.0. The molecule has 0 aromatic carbocycles. The quantitative estimate of drug-likeness (QED) is 0.874. The second kappa shape index (κ2) is 5.79. The van der Waals surface area contributed by atoms with Gasteiger partial charge in [-0.1, -0.05) is 6.42 Å². The Bertz CT molecular complexity index is 806. The van der Waals surface area contributed by atoms with Gasteiger partial charge in [-0.25, -0.2) is 8.42 Å². The van der Waals surface area contributed by atoms with E-state index in [2.05, 4.69) is 4.72 Å². The Morgan fingerprint density at radius 3 is 2.33 bits per heavy atom. The maximum absolute atomic E-state index is 12.8. The number of nitrogens with one attached hydrogen (secondary N) is 1. The van der Waals surface area contributed by atoms with Gasteiger partial charge in [-0.05, 0) is 44.6 Å². The molecule has 9 heteroatoms. The minimum Gasteiger partial charge on any atom is -0.301 e. The summed E-state index contributed by atoms with van der Waals surface area (Å²) in [4.78, 5) is 12.4. The molecule has 1 aromatic heterocycles. The van der Waals surface area contributed by atoms with Crippen molar-refractivity contribution in [3.63, 3.8) is 0 Å². The van der Waals surface area contributed by atoms with E-state index in [1.54, 1.807) is 0 Å². The van der Waals surface area contributed by atoms with E-state index in [1.807, 2.05) is 0 Å². The third-order valence-electron chi connectivity index (χ3n) is 4.68. The van der Waals surface area contributed by atoms with Gasteiger partial charge in [0, 0.05) is 11.3 Å². The monoisotopic (exact) mass is 364 g/mol. The van der Waals surface area contributed by atoms with E-state index in [4.69, 9.17) is 0 Å². The highest BCUT2D eigenvalue weighted by Crippen LogP contribution is 2.40. The van der Waals surface area contributed by atoms with E-state index in [0.29, 0.717) is 17.4 Å². The highest BCUT2D eigenvalue weighted by Gasteiger charge is 2.35. The Kier molecular flexibility index (Phi) is 4.17. The van der Waals surface area contributed by atoms with E-state index in [-0.39, 0.29) is 22.9 Å². The predicted octanol–water partition coefficient (Wildman–Crippen LogP) is 2.89. The van der Waals surface area contributed by atoms with Crippen LogP contribution in [-0.2, 0) is 16.6 Å². The first-order chi connectivity index (χ1) is 11.1. The van der Waals surface area contributed by atoms with Crippen molar-refractivity contribution in [1.29, 1.82) is 0 Å². The van der Waals surface area contributed by atoms with Crippen LogP contribution in [0.25, 0.3) is 0 Å². The van der Waals surface area contributed by atoms with E-state index in [1.165, 1.54) is 13.0 Å². The largest absolute Gasteiger partial charge is 0.406 e. The third kappa shape index (κ3) is 3.45. The zero-order chi connectivity index (χ0) is 17.7. The molecule has 0 aliphatic heterocycles. The van der Waals surface area contributed by atoms with Crippen molar-refractivity contribution in [2.75, 3.05) is 4.72 Å². The summed E-state index contributed by atoms with van der Waals surface area (Å²) in [5.74, 6) is -0.0791. The number of pyridine rings is 1. The normalized spacial score (nSPS) is 19.2. The van der Waals surface area contributed by atoms with Gasteiger partial charge in [0.15, 0.2) is 0 Å². The SMILES string of the molecule is Cc1c(NS(=O)(=O)C2CCC2)cc(C2CC2)c(=O)n1CC(F)(F)F. The molecule has 2 fully saturated rings. The van der Waals surface area contributed by atoms with Crippen molar-refractivity contribution in [3.8, 4) is 0 Å². The number of nitrogens with zero attached hydrogens (tertiary/aromatic N) is 1. The fourth-order valence-corrected chi connectivity index (χ4v) is 4.49. The molecule has 0 radical (unpaired) electrons. The molecule has 2 aliphatic carbocycles. The summed E-state index contributed by atoms with van der Waals surface area (Å²) >= 11 is 0. The Labute approximate surface area is 137 Å². The number of sulfonamides is 1. The van der Waals surface area contributed by atoms with Crippen LogP contribution in [0.1, 0.15) is 49.3 Å². The maximum atomic E-state index is 12.8. The fourth-order valence-electron chi connectivity index (χ4n) is 2.85. The van der Waals surface area contributed by atoms with Gasteiger partial charge in [0.25, 0.3) is 5.56 Å². The van der Waals surface area contributed by atoms with Crippen LogP contribution in [0.4, 0.5) is 18.9 Å². The second-order valence-electron chi connectivity index (χ2n) is 6.58. The summed E-state index contributed by atoms with van der Waals surface area (Å²) < 4.78 is 66.1. The number of halogens is 3. The van der Waals surface area contributed by atoms with Crippen LogP contribution >= 0.6 is 0 Å². The lowest BCUT2D eigenvalue weighted by Gasteiger charge is -2.27. The molecule has 134 valence electrons. The summed E-state index contributed by atoms with van der Waals surface area (Å²) in [6.45, 7) is -0.0845. The Balaban J connectivity index is 2.03. The molecular formula is C15H19F3N2O3S. The fraction of sp³-hybridized carbons (Fsp3) is 0.667. The average molecular weight is 364 g/mol. The van der Waals surface area contributed by atoms with Crippen molar-refractivity contribution in [2.45, 2.75) is 62.9 Å². The van der Waals surface area contributed by atoms with E-state index in [9.17, 15) is 26.4 Å². The summed E-state index contributed by atoms with van der Waals surface area (Å²) in [5, 5.41) is -0.510. The molecule has 0 unspecified atom stereocenters. The van der Waals surface area contributed by atoms with Crippen LogP contribution in [-0.4, -0.2) is 24.4 Å². The van der Waals surface area contributed by atoms with Gasteiger partial charge in [0.05, 0.1) is 10.9 Å². The number of aromatic nitrogens is 1. The van der Waals surface area contributed by atoms with Gasteiger partial charge >= 0.3 is 6.18 Å². The molecule has 0 bridgehead atoms. The van der Waals surface area contributed by atoms with Crippen LogP contribution in [0.5, 0.6) is 0 Å². The van der Waals surface area contributed by atoms with Crippen molar-refractivity contribution in [3.05, 3.63) is 27.7 Å². The molecule has 1 aromatic rings. The van der Waals surface area contributed by atoms with Gasteiger partial charge in [0.2, 0.25) is 10.0 Å². The molecule has 5 nitrogen and oxygen atoms in total. The minimum atomic E-state index is -4.55. The molecule has 24 heavy (non-hydrogen) atoms. The van der Waals surface area contributed by atoms with Gasteiger partial charge in [-0.2, -0.15) is 13.2 Å². The van der Waals surface area contributed by atoms with Crippen molar-refractivity contribution in [1.82, 2.24) is 4.57 Å². The van der Waals surface area contributed by atoms with Crippen LogP contribution in [0, 0.1) is 6.92 Å². The first-order valence-electron chi connectivity index (χ1n) is 7.91. The molecule has 2 aliphatic rings. The number of hydrogen-bond donors (Lipinski definition) is 1. The van der Waals surface area contributed by atoms with E-state index < -0.39 is 33.6 Å². The van der Waals surface area contributed by atoms with Gasteiger partial charge in [-0.3, -0.25) is 9.52 Å². The average Bonchev–Trinajstić information content (AvgIpc) is 3.18. The lowest BCUT2D eigenvalue weighted by Crippen LogP contribution is -2.36. The zero-order valence-electron chi connectivity index (χ0n) is 13.2. The molecular weight excluding hydrogens is 345 g/mol. The highest BCUT2D eigenvalue weighted by molar-refractivity contribution is 7.93. The standard InChI is InChI=1S/C15H19F3N2O3S/c1-9-13(19-24(22,23)11-3-2-4-11)7-12(10-5-6-10)14(21)20(9)8-15(16,17)18/h7,10-11,19H,2-6,8H2,1H3. The molecule has 0 saturated heterocycles. The van der Waals surface area contributed by atoms with E-state index >= 15 is 0 Å². The third-order valence-corrected chi connectivity index (χ3v) is 6.54. The van der Waals surface area contributed by atoms with Gasteiger partial charge in [0.1, 0.15) is 6.54 Å². The molecule has 1 N–H and O–H groups in total. The molecule has 3 rings (SSSR count). The Morgan fingerprint density at radius 2 is 1.88 bits per heavy atom. The van der Waals surface area contributed by atoms with E-state index in [0.717, 1.165) is 19.3 Å². The predicted molar refractivity (Wildman–Crippen MR) is 83.7 cm³/mol. The topological polar surface area (TPSA) is 68.2 Å². The number of anilines is 1. The van der Waals surface area contributed by atoms with Gasteiger partial charge in [-0.15, -0.1) is 0 Å². The van der Waals surface area contributed by atoms with Crippen LogP contribution in [0.3, 0.4) is 0 Å². The molecule has 0 amide bonds. The molecule has 0 spiro atoms. The van der Waals surface area contributed by atoms with Crippen LogP contribution < -0.4 is 10.3 Å². The van der Waals surface area contributed by atoms with Crippen molar-refractivity contribution < 1.29 is 21.6 Å². The lowest BCUT2D eigenvalue weighted by molar-refractivity contribution is -0.141. The van der Waals surface area contributed by atoms with Gasteiger partial charge < -0.3 is 4.57 Å². The summed E-state index contributed by atoms with van der Waals surface area (Å²) in [7, 11) is -3.64. The first-order valence-corrected chi connectivity index (χ1v) is 9.46. The van der Waals surface area contributed by atoms with Crippen molar-refractivity contribution >= 4 is 15.7 Å². The smallest absolute Gasteiger partial charge is 0.301 e. The highest BCUT2D eigenvalue weighted by atomic mass is 32.2. The summed E-state index contributed by atoms with van der Waals surface area (Å²) in [6.07, 6.45) is -1.16. The van der Waals surface area contributed by atoms with Crippen LogP contribution in [0.2, 0.25) is 0 Å². The molecule has 1 heterocycles. The summed E-state index contributed by atoms with van der Waals surface area (Å²) in [6, 6.07) is 1.42. The first kappa shape index (κ1) is 17.3. The Hall–Kier alpha value is -1.51. The maximum Gasteiger partial charge on any atom is 0.406 e. The number of alkyl halides is 3. The second-order valence-corrected chi connectivity index (χ2v) is 8.54. The summed E-state index contributed by atoms with van der Waals surface area (Å²) in [5.41, 5.74) is -0.354. The Morgan fingerprint density at radius 1 is 1.25 bits per heavy atom. The van der Waals surface area contributed by atoms with Crippen molar-refractivity contribution in [2.24, 2.45) is 0 Å². The number of hydrogen-bond acceptors (Lipinski definition) is 3. The van der Waals surface area contributed by atoms with Crippen LogP contribution in [0.15, 0.2) is 10.9 Å².